The molecule has 2 unspecified atom stereocenters. The first kappa shape index (κ1) is 13.8. The Morgan fingerprint density at radius 3 is 2.94 bits per heavy atom. The van der Waals surface area contributed by atoms with Crippen LogP contribution in [0.1, 0.15) is 32.6 Å². The van der Waals surface area contributed by atoms with E-state index < -0.39 is 5.60 Å². The SMILES string of the molecule is CC1(C(=O)N(CCO)CC2CCCN2)CCCO1. The summed E-state index contributed by atoms with van der Waals surface area (Å²) in [4.78, 5) is 14.3. The van der Waals surface area contributed by atoms with E-state index in [1.54, 1.807) is 4.90 Å². The molecule has 2 aliphatic heterocycles. The largest absolute Gasteiger partial charge is 0.395 e. The van der Waals surface area contributed by atoms with Gasteiger partial charge in [0, 0.05) is 25.7 Å². The van der Waals surface area contributed by atoms with Gasteiger partial charge in [-0.05, 0) is 39.2 Å². The van der Waals surface area contributed by atoms with E-state index in [1.165, 1.54) is 6.42 Å². The molecule has 0 aromatic rings. The van der Waals surface area contributed by atoms with Gasteiger partial charge >= 0.3 is 0 Å². The van der Waals surface area contributed by atoms with Crippen molar-refractivity contribution in [3.05, 3.63) is 0 Å². The van der Waals surface area contributed by atoms with Crippen LogP contribution in [0, 0.1) is 0 Å². The van der Waals surface area contributed by atoms with Crippen LogP contribution in [0.25, 0.3) is 0 Å². The second-order valence-electron chi connectivity index (χ2n) is 5.45. The molecule has 0 aromatic carbocycles. The standard InChI is InChI=1S/C13H24N2O3/c1-13(5-3-9-18-13)12(17)15(7-8-16)10-11-4-2-6-14-11/h11,14,16H,2-10H2,1H3. The van der Waals surface area contributed by atoms with Crippen LogP contribution in [0.3, 0.4) is 0 Å². The smallest absolute Gasteiger partial charge is 0.254 e. The summed E-state index contributed by atoms with van der Waals surface area (Å²) in [7, 11) is 0. The number of nitrogens with one attached hydrogen (secondary N) is 1. The molecule has 2 rings (SSSR count). The highest BCUT2D eigenvalue weighted by Gasteiger charge is 2.41. The van der Waals surface area contributed by atoms with Crippen LogP contribution in [-0.2, 0) is 9.53 Å². The Labute approximate surface area is 108 Å². The second-order valence-corrected chi connectivity index (χ2v) is 5.45. The molecule has 5 nitrogen and oxygen atoms in total. The maximum absolute atomic E-state index is 12.5. The summed E-state index contributed by atoms with van der Waals surface area (Å²) in [5, 5.41) is 12.5. The van der Waals surface area contributed by atoms with Crippen molar-refractivity contribution in [1.82, 2.24) is 10.2 Å². The van der Waals surface area contributed by atoms with Crippen molar-refractivity contribution in [3.8, 4) is 0 Å². The number of nitrogens with zero attached hydrogens (tertiary/aromatic N) is 1. The van der Waals surface area contributed by atoms with Gasteiger partial charge in [-0.3, -0.25) is 4.79 Å². The molecule has 0 aliphatic carbocycles. The van der Waals surface area contributed by atoms with Crippen molar-refractivity contribution >= 4 is 5.91 Å². The van der Waals surface area contributed by atoms with Crippen LogP contribution in [0.15, 0.2) is 0 Å². The topological polar surface area (TPSA) is 61.8 Å². The number of carbonyl (C=O) groups is 1. The summed E-state index contributed by atoms with van der Waals surface area (Å²) in [5.74, 6) is 0.0303. The van der Waals surface area contributed by atoms with Gasteiger partial charge in [0.1, 0.15) is 5.60 Å². The zero-order chi connectivity index (χ0) is 13.0. The summed E-state index contributed by atoms with van der Waals surface area (Å²) in [6.45, 7) is 4.65. The van der Waals surface area contributed by atoms with E-state index in [-0.39, 0.29) is 12.5 Å². The first-order chi connectivity index (χ1) is 8.65. The lowest BCUT2D eigenvalue weighted by Gasteiger charge is -2.32. The van der Waals surface area contributed by atoms with Gasteiger partial charge in [-0.1, -0.05) is 0 Å². The van der Waals surface area contributed by atoms with E-state index in [9.17, 15) is 4.79 Å². The highest BCUT2D eigenvalue weighted by atomic mass is 16.5. The highest BCUT2D eigenvalue weighted by Crippen LogP contribution is 2.27. The molecular formula is C13H24N2O3. The minimum atomic E-state index is -0.673. The van der Waals surface area contributed by atoms with E-state index in [0.29, 0.717) is 25.7 Å². The number of rotatable bonds is 5. The molecule has 2 fully saturated rings. The molecule has 1 amide bonds. The van der Waals surface area contributed by atoms with Crippen LogP contribution in [0.5, 0.6) is 0 Å². The maximum atomic E-state index is 12.5. The van der Waals surface area contributed by atoms with Crippen molar-refractivity contribution in [2.45, 2.75) is 44.2 Å². The first-order valence-corrected chi connectivity index (χ1v) is 6.93. The number of aliphatic hydroxyl groups is 1. The molecule has 0 spiro atoms. The quantitative estimate of drug-likeness (QED) is 0.734. The van der Waals surface area contributed by atoms with Crippen molar-refractivity contribution in [2.24, 2.45) is 0 Å². The molecular weight excluding hydrogens is 232 g/mol. The predicted molar refractivity (Wildman–Crippen MR) is 68.3 cm³/mol. The monoisotopic (exact) mass is 256 g/mol. The molecule has 18 heavy (non-hydrogen) atoms. The van der Waals surface area contributed by atoms with Gasteiger partial charge in [0.25, 0.3) is 5.91 Å². The molecule has 2 aliphatic rings. The third-order valence-corrected chi connectivity index (χ3v) is 3.93. The number of aliphatic hydroxyl groups excluding tert-OH is 1. The fourth-order valence-electron chi connectivity index (χ4n) is 2.86. The summed E-state index contributed by atoms with van der Waals surface area (Å²) >= 11 is 0. The molecule has 0 aromatic heterocycles. The molecule has 5 heteroatoms. The summed E-state index contributed by atoms with van der Waals surface area (Å²) in [5.41, 5.74) is -0.673. The van der Waals surface area contributed by atoms with Gasteiger partial charge in [-0.15, -0.1) is 0 Å². The number of hydrogen-bond donors (Lipinski definition) is 2. The lowest BCUT2D eigenvalue weighted by Crippen LogP contribution is -2.51. The molecule has 2 atom stereocenters. The van der Waals surface area contributed by atoms with Gasteiger partial charge < -0.3 is 20.1 Å². The Morgan fingerprint density at radius 2 is 2.39 bits per heavy atom. The third-order valence-electron chi connectivity index (χ3n) is 3.93. The van der Waals surface area contributed by atoms with Crippen molar-refractivity contribution in [2.75, 3.05) is 32.8 Å². The van der Waals surface area contributed by atoms with Crippen molar-refractivity contribution in [3.63, 3.8) is 0 Å². The molecule has 0 bridgehead atoms. The highest BCUT2D eigenvalue weighted by molar-refractivity contribution is 5.85. The Bertz CT molecular complexity index is 284. The second kappa shape index (κ2) is 5.99. The lowest BCUT2D eigenvalue weighted by molar-refractivity contribution is -0.151. The van der Waals surface area contributed by atoms with Crippen LogP contribution in [0.4, 0.5) is 0 Å². The Morgan fingerprint density at radius 1 is 1.56 bits per heavy atom. The summed E-state index contributed by atoms with van der Waals surface area (Å²) in [6.07, 6.45) is 4.00. The lowest BCUT2D eigenvalue weighted by atomic mass is 10.0. The van der Waals surface area contributed by atoms with Crippen molar-refractivity contribution in [1.29, 1.82) is 0 Å². The summed E-state index contributed by atoms with van der Waals surface area (Å²) in [6, 6.07) is 0.366. The minimum absolute atomic E-state index is 0.00847. The zero-order valence-corrected chi connectivity index (χ0v) is 11.2. The molecule has 0 radical (unpaired) electrons. The van der Waals surface area contributed by atoms with Crippen LogP contribution in [-0.4, -0.2) is 60.4 Å². The zero-order valence-electron chi connectivity index (χ0n) is 11.2. The van der Waals surface area contributed by atoms with Gasteiger partial charge in [0.2, 0.25) is 0 Å². The Balaban J connectivity index is 1.96. The van der Waals surface area contributed by atoms with E-state index >= 15 is 0 Å². The fraction of sp³-hybridized carbons (Fsp3) is 0.923. The van der Waals surface area contributed by atoms with Crippen LogP contribution < -0.4 is 5.32 Å². The van der Waals surface area contributed by atoms with Crippen LogP contribution >= 0.6 is 0 Å². The molecule has 2 saturated heterocycles. The van der Waals surface area contributed by atoms with E-state index in [2.05, 4.69) is 5.32 Å². The van der Waals surface area contributed by atoms with E-state index in [0.717, 1.165) is 25.8 Å². The normalized spacial score (nSPS) is 31.8. The predicted octanol–water partition coefficient (Wildman–Crippen LogP) is 0.128. The fourth-order valence-corrected chi connectivity index (χ4v) is 2.86. The first-order valence-electron chi connectivity index (χ1n) is 6.93. The Kier molecular flexibility index (Phi) is 4.59. The number of amides is 1. The average Bonchev–Trinajstić information content (AvgIpc) is 3.00. The summed E-state index contributed by atoms with van der Waals surface area (Å²) < 4.78 is 5.60. The number of hydrogen-bond acceptors (Lipinski definition) is 4. The maximum Gasteiger partial charge on any atom is 0.254 e. The van der Waals surface area contributed by atoms with E-state index in [4.69, 9.17) is 9.84 Å². The third kappa shape index (κ3) is 3.02. The van der Waals surface area contributed by atoms with Gasteiger partial charge in [-0.2, -0.15) is 0 Å². The molecule has 0 saturated carbocycles. The minimum Gasteiger partial charge on any atom is -0.395 e. The van der Waals surface area contributed by atoms with Gasteiger partial charge in [0.15, 0.2) is 0 Å². The van der Waals surface area contributed by atoms with E-state index in [1.807, 2.05) is 6.92 Å². The molecule has 2 N–H and O–H groups in total. The molecule has 2 heterocycles. The molecule has 104 valence electrons. The van der Waals surface area contributed by atoms with Crippen LogP contribution in [0.2, 0.25) is 0 Å². The number of carbonyl (C=O) groups excluding carboxylic acids is 1. The number of ether oxygens (including phenoxy) is 1. The van der Waals surface area contributed by atoms with Gasteiger partial charge in [0.05, 0.1) is 6.61 Å². The Hall–Kier alpha value is -0.650. The average molecular weight is 256 g/mol. The van der Waals surface area contributed by atoms with Crippen molar-refractivity contribution < 1.29 is 14.6 Å². The van der Waals surface area contributed by atoms with Gasteiger partial charge in [-0.25, -0.2) is 0 Å².